The quantitative estimate of drug-likeness (QED) is 0.692. The van der Waals surface area contributed by atoms with E-state index in [2.05, 4.69) is 4.90 Å². The van der Waals surface area contributed by atoms with E-state index < -0.39 is 0 Å². The molecule has 0 amide bonds. The second-order valence-electron chi connectivity index (χ2n) is 5.07. The molecule has 0 aromatic carbocycles. The van der Waals surface area contributed by atoms with E-state index in [1.165, 1.54) is 38.6 Å². The second-order valence-corrected chi connectivity index (χ2v) is 5.07. The molecule has 3 aliphatic rings. The zero-order valence-electron chi connectivity index (χ0n) is 8.28. The van der Waals surface area contributed by atoms with E-state index in [0.717, 1.165) is 30.5 Å². The molecule has 0 bridgehead atoms. The SMILES string of the molecule is NCC1CCCN1C1CCC2CC21. The lowest BCUT2D eigenvalue weighted by atomic mass is 10.1. The molecule has 1 aliphatic heterocycles. The minimum absolute atomic E-state index is 0.726. The van der Waals surface area contributed by atoms with Crippen molar-refractivity contribution in [3.63, 3.8) is 0 Å². The van der Waals surface area contributed by atoms with Crippen LogP contribution in [0, 0.1) is 11.8 Å². The van der Waals surface area contributed by atoms with Gasteiger partial charge in [-0.05, 0) is 50.5 Å². The van der Waals surface area contributed by atoms with Gasteiger partial charge in [-0.15, -0.1) is 0 Å². The monoisotopic (exact) mass is 180 g/mol. The van der Waals surface area contributed by atoms with Crippen LogP contribution in [0.4, 0.5) is 0 Å². The summed E-state index contributed by atoms with van der Waals surface area (Å²) in [7, 11) is 0. The highest BCUT2D eigenvalue weighted by molar-refractivity contribution is 5.04. The number of rotatable bonds is 2. The van der Waals surface area contributed by atoms with Crippen LogP contribution >= 0.6 is 0 Å². The Kier molecular flexibility index (Phi) is 1.88. The van der Waals surface area contributed by atoms with Crippen LogP contribution in [-0.4, -0.2) is 30.1 Å². The molecule has 0 aromatic heterocycles. The van der Waals surface area contributed by atoms with Crippen molar-refractivity contribution < 1.29 is 0 Å². The van der Waals surface area contributed by atoms with Crippen LogP contribution in [0.5, 0.6) is 0 Å². The predicted octanol–water partition coefficient (Wildman–Crippen LogP) is 1.21. The Morgan fingerprint density at radius 2 is 2.15 bits per heavy atom. The van der Waals surface area contributed by atoms with Gasteiger partial charge < -0.3 is 5.73 Å². The smallest absolute Gasteiger partial charge is 0.0221 e. The average Bonchev–Trinajstić information content (AvgIpc) is 2.64. The van der Waals surface area contributed by atoms with Crippen LogP contribution in [0.2, 0.25) is 0 Å². The Bertz CT molecular complexity index is 204. The molecule has 74 valence electrons. The number of likely N-dealkylation sites (tertiary alicyclic amines) is 1. The molecule has 0 aromatic rings. The van der Waals surface area contributed by atoms with Crippen molar-refractivity contribution in [3.8, 4) is 0 Å². The molecule has 0 radical (unpaired) electrons. The van der Waals surface area contributed by atoms with Gasteiger partial charge in [0, 0.05) is 18.6 Å². The van der Waals surface area contributed by atoms with Crippen molar-refractivity contribution >= 4 is 0 Å². The Balaban J connectivity index is 1.69. The zero-order chi connectivity index (χ0) is 8.84. The number of fused-ring (bicyclic) bond motifs is 1. The van der Waals surface area contributed by atoms with Gasteiger partial charge in [-0.2, -0.15) is 0 Å². The Morgan fingerprint density at radius 3 is 2.77 bits per heavy atom. The second kappa shape index (κ2) is 2.96. The maximum Gasteiger partial charge on any atom is 0.0221 e. The van der Waals surface area contributed by atoms with E-state index in [-0.39, 0.29) is 0 Å². The maximum absolute atomic E-state index is 5.81. The number of nitrogens with zero attached hydrogens (tertiary/aromatic N) is 1. The Hall–Kier alpha value is -0.0800. The number of hydrogen-bond donors (Lipinski definition) is 1. The van der Waals surface area contributed by atoms with Gasteiger partial charge in [-0.25, -0.2) is 0 Å². The summed E-state index contributed by atoms with van der Waals surface area (Å²) >= 11 is 0. The van der Waals surface area contributed by atoms with E-state index >= 15 is 0 Å². The number of hydrogen-bond acceptors (Lipinski definition) is 2. The zero-order valence-corrected chi connectivity index (χ0v) is 8.28. The standard InChI is InChI=1S/C11H20N2/c12-7-9-2-1-5-13(9)11-4-3-8-6-10(8)11/h8-11H,1-7,12H2. The first kappa shape index (κ1) is 8.25. The highest BCUT2D eigenvalue weighted by Gasteiger charge is 2.51. The minimum Gasteiger partial charge on any atom is -0.329 e. The summed E-state index contributed by atoms with van der Waals surface area (Å²) in [6.45, 7) is 2.21. The predicted molar refractivity (Wildman–Crippen MR) is 53.4 cm³/mol. The van der Waals surface area contributed by atoms with Crippen molar-refractivity contribution in [2.75, 3.05) is 13.1 Å². The first-order valence-electron chi connectivity index (χ1n) is 5.86. The van der Waals surface area contributed by atoms with Crippen molar-refractivity contribution in [2.24, 2.45) is 17.6 Å². The molecule has 2 N–H and O–H groups in total. The average molecular weight is 180 g/mol. The van der Waals surface area contributed by atoms with Crippen molar-refractivity contribution in [1.82, 2.24) is 4.90 Å². The van der Waals surface area contributed by atoms with Crippen molar-refractivity contribution in [2.45, 2.75) is 44.2 Å². The normalized spacial score (nSPS) is 49.6. The molecule has 3 fully saturated rings. The molecule has 4 unspecified atom stereocenters. The topological polar surface area (TPSA) is 29.3 Å². The van der Waals surface area contributed by atoms with Crippen molar-refractivity contribution in [3.05, 3.63) is 0 Å². The lowest BCUT2D eigenvalue weighted by molar-refractivity contribution is 0.168. The van der Waals surface area contributed by atoms with Gasteiger partial charge in [0.2, 0.25) is 0 Å². The molecule has 13 heavy (non-hydrogen) atoms. The highest BCUT2D eigenvalue weighted by Crippen LogP contribution is 2.54. The molecular formula is C11H20N2. The molecule has 1 saturated heterocycles. The van der Waals surface area contributed by atoms with Gasteiger partial charge in [0.05, 0.1) is 0 Å². The van der Waals surface area contributed by atoms with E-state index in [1.54, 1.807) is 0 Å². The summed E-state index contributed by atoms with van der Waals surface area (Å²) < 4.78 is 0. The molecule has 0 spiro atoms. The van der Waals surface area contributed by atoms with Gasteiger partial charge in [0.25, 0.3) is 0 Å². The fourth-order valence-electron chi connectivity index (χ4n) is 3.63. The van der Waals surface area contributed by atoms with Crippen LogP contribution < -0.4 is 5.73 Å². The van der Waals surface area contributed by atoms with Crippen LogP contribution in [0.25, 0.3) is 0 Å². The first-order chi connectivity index (χ1) is 6.40. The van der Waals surface area contributed by atoms with Crippen LogP contribution in [-0.2, 0) is 0 Å². The molecule has 2 heteroatoms. The fourth-order valence-corrected chi connectivity index (χ4v) is 3.63. The van der Waals surface area contributed by atoms with Crippen LogP contribution in [0.3, 0.4) is 0 Å². The Morgan fingerprint density at radius 1 is 1.23 bits per heavy atom. The van der Waals surface area contributed by atoms with Gasteiger partial charge in [0.1, 0.15) is 0 Å². The number of nitrogens with two attached hydrogens (primary N) is 1. The molecular weight excluding hydrogens is 160 g/mol. The minimum atomic E-state index is 0.726. The van der Waals surface area contributed by atoms with Gasteiger partial charge >= 0.3 is 0 Å². The molecule has 4 atom stereocenters. The van der Waals surface area contributed by atoms with E-state index in [1.807, 2.05) is 0 Å². The van der Waals surface area contributed by atoms with Crippen molar-refractivity contribution in [1.29, 1.82) is 0 Å². The fraction of sp³-hybridized carbons (Fsp3) is 1.00. The van der Waals surface area contributed by atoms with Gasteiger partial charge in [-0.3, -0.25) is 4.90 Å². The summed E-state index contributed by atoms with van der Waals surface area (Å²) in [6.07, 6.45) is 7.23. The summed E-state index contributed by atoms with van der Waals surface area (Å²) in [4.78, 5) is 2.73. The molecule has 2 nitrogen and oxygen atoms in total. The summed E-state index contributed by atoms with van der Waals surface area (Å²) in [6, 6.07) is 1.66. The Labute approximate surface area is 80.5 Å². The third-order valence-electron chi connectivity index (χ3n) is 4.43. The maximum atomic E-state index is 5.81. The van der Waals surface area contributed by atoms with Crippen LogP contribution in [0.15, 0.2) is 0 Å². The largest absolute Gasteiger partial charge is 0.329 e. The van der Waals surface area contributed by atoms with E-state index in [4.69, 9.17) is 5.73 Å². The molecule has 3 rings (SSSR count). The van der Waals surface area contributed by atoms with E-state index in [9.17, 15) is 0 Å². The molecule has 1 heterocycles. The first-order valence-corrected chi connectivity index (χ1v) is 5.86. The van der Waals surface area contributed by atoms with E-state index in [0.29, 0.717) is 0 Å². The molecule has 2 saturated carbocycles. The third-order valence-corrected chi connectivity index (χ3v) is 4.43. The van der Waals surface area contributed by atoms with Crippen LogP contribution in [0.1, 0.15) is 32.1 Å². The lowest BCUT2D eigenvalue weighted by Gasteiger charge is -2.30. The van der Waals surface area contributed by atoms with Gasteiger partial charge in [0.15, 0.2) is 0 Å². The highest BCUT2D eigenvalue weighted by atomic mass is 15.2. The lowest BCUT2D eigenvalue weighted by Crippen LogP contribution is -2.42. The summed E-state index contributed by atoms with van der Waals surface area (Å²) in [5.41, 5.74) is 5.81. The third kappa shape index (κ3) is 1.23. The summed E-state index contributed by atoms with van der Waals surface area (Å²) in [5.74, 6) is 2.19. The van der Waals surface area contributed by atoms with Gasteiger partial charge in [-0.1, -0.05) is 0 Å². The summed E-state index contributed by atoms with van der Waals surface area (Å²) in [5, 5.41) is 0. The molecule has 2 aliphatic carbocycles.